The summed E-state index contributed by atoms with van der Waals surface area (Å²) in [6.07, 6.45) is 0. The number of halogens is 1. The van der Waals surface area contributed by atoms with Gasteiger partial charge in [-0.2, -0.15) is 0 Å². The van der Waals surface area contributed by atoms with Crippen molar-refractivity contribution in [1.82, 2.24) is 4.98 Å². The van der Waals surface area contributed by atoms with Crippen LogP contribution in [0.3, 0.4) is 0 Å². The molecule has 1 aromatic heterocycles. The van der Waals surface area contributed by atoms with Crippen LogP contribution in [0.15, 0.2) is 6.07 Å². The molecule has 64 valence electrons. The van der Waals surface area contributed by atoms with Gasteiger partial charge >= 0.3 is 5.97 Å². The number of pyridine rings is 1. The number of hydrogen-bond donors (Lipinski definition) is 1. The van der Waals surface area contributed by atoms with Crippen molar-refractivity contribution in [3.63, 3.8) is 0 Å². The molecule has 1 rings (SSSR count). The van der Waals surface area contributed by atoms with Crippen LogP contribution in [0.25, 0.3) is 0 Å². The molecule has 1 N–H and O–H groups in total. The standard InChI is InChI=1S/C8H8ClNO2/c1-4-3-5(2)7(9)10-6(4)8(11)12/h3H,1-2H3,(H,11,12). The number of aromatic nitrogens is 1. The number of aryl methyl sites for hydroxylation is 2. The summed E-state index contributed by atoms with van der Waals surface area (Å²) in [5, 5.41) is 8.91. The highest BCUT2D eigenvalue weighted by Gasteiger charge is 2.10. The van der Waals surface area contributed by atoms with E-state index in [0.29, 0.717) is 5.56 Å². The number of rotatable bonds is 1. The van der Waals surface area contributed by atoms with Gasteiger partial charge in [-0.05, 0) is 25.0 Å². The third-order valence-electron chi connectivity index (χ3n) is 1.54. The first kappa shape index (κ1) is 9.00. The second kappa shape index (κ2) is 3.11. The molecule has 0 saturated carbocycles. The minimum atomic E-state index is -1.05. The Morgan fingerprint density at radius 1 is 1.50 bits per heavy atom. The predicted molar refractivity (Wildman–Crippen MR) is 45.7 cm³/mol. The number of carbonyl (C=O) groups is 1. The van der Waals surface area contributed by atoms with Crippen LogP contribution in [0, 0.1) is 13.8 Å². The molecule has 1 heterocycles. The maximum Gasteiger partial charge on any atom is 0.354 e. The van der Waals surface area contributed by atoms with Gasteiger partial charge in [0.05, 0.1) is 0 Å². The van der Waals surface area contributed by atoms with Crippen LogP contribution >= 0.6 is 11.6 Å². The average molecular weight is 186 g/mol. The molecule has 0 saturated heterocycles. The van der Waals surface area contributed by atoms with E-state index >= 15 is 0 Å². The van der Waals surface area contributed by atoms with Crippen LogP contribution in [0.5, 0.6) is 0 Å². The van der Waals surface area contributed by atoms with Crippen molar-refractivity contribution in [1.29, 1.82) is 0 Å². The highest BCUT2D eigenvalue weighted by Crippen LogP contribution is 2.15. The van der Waals surface area contributed by atoms with Gasteiger partial charge in [-0.25, -0.2) is 9.78 Å². The Labute approximate surface area is 75.0 Å². The Balaban J connectivity index is 3.33. The minimum absolute atomic E-state index is 0.0191. The second-order valence-corrected chi connectivity index (χ2v) is 2.92. The topological polar surface area (TPSA) is 50.2 Å². The van der Waals surface area contributed by atoms with Crippen LogP contribution in [0.2, 0.25) is 5.15 Å². The number of carboxylic acid groups (broad SMARTS) is 1. The molecule has 0 atom stereocenters. The van der Waals surface area contributed by atoms with Gasteiger partial charge in [0.1, 0.15) is 5.15 Å². The van der Waals surface area contributed by atoms with E-state index in [4.69, 9.17) is 16.7 Å². The summed E-state index contributed by atoms with van der Waals surface area (Å²) < 4.78 is 0. The molecule has 0 amide bonds. The molecule has 12 heavy (non-hydrogen) atoms. The van der Waals surface area contributed by atoms with E-state index in [0.717, 1.165) is 5.56 Å². The van der Waals surface area contributed by atoms with Crippen LogP contribution in [-0.2, 0) is 0 Å². The number of aromatic carboxylic acids is 1. The summed E-state index contributed by atoms with van der Waals surface area (Å²) in [6.45, 7) is 3.48. The Kier molecular flexibility index (Phi) is 2.33. The molecule has 0 fully saturated rings. The molecule has 0 aliphatic rings. The first-order valence-corrected chi connectivity index (χ1v) is 3.77. The predicted octanol–water partition coefficient (Wildman–Crippen LogP) is 2.05. The molecule has 0 unspecified atom stereocenters. The fourth-order valence-corrected chi connectivity index (χ4v) is 1.08. The monoisotopic (exact) mass is 185 g/mol. The van der Waals surface area contributed by atoms with Gasteiger partial charge in [-0.1, -0.05) is 17.7 Å². The largest absolute Gasteiger partial charge is 0.477 e. The number of carboxylic acids is 1. The molecular formula is C8H8ClNO2. The molecule has 0 aliphatic heterocycles. The maximum atomic E-state index is 10.6. The summed E-state index contributed by atoms with van der Waals surface area (Å²) in [7, 11) is 0. The lowest BCUT2D eigenvalue weighted by molar-refractivity contribution is 0.0689. The van der Waals surface area contributed by atoms with Gasteiger partial charge in [-0.3, -0.25) is 0 Å². The van der Waals surface area contributed by atoms with E-state index in [-0.39, 0.29) is 10.8 Å². The van der Waals surface area contributed by atoms with Crippen molar-refractivity contribution in [2.45, 2.75) is 13.8 Å². The van der Waals surface area contributed by atoms with Crippen molar-refractivity contribution in [2.24, 2.45) is 0 Å². The molecule has 3 nitrogen and oxygen atoms in total. The van der Waals surface area contributed by atoms with Crippen molar-refractivity contribution in [2.75, 3.05) is 0 Å². The van der Waals surface area contributed by atoms with Crippen molar-refractivity contribution >= 4 is 17.6 Å². The first-order chi connectivity index (χ1) is 5.52. The summed E-state index contributed by atoms with van der Waals surface area (Å²) in [5.74, 6) is -1.05. The normalized spacial score (nSPS) is 9.92. The molecule has 4 heteroatoms. The van der Waals surface area contributed by atoms with E-state index in [1.807, 2.05) is 0 Å². The summed E-state index contributed by atoms with van der Waals surface area (Å²) >= 11 is 5.66. The van der Waals surface area contributed by atoms with Crippen molar-refractivity contribution in [3.05, 3.63) is 28.0 Å². The van der Waals surface area contributed by atoms with Gasteiger partial charge in [0, 0.05) is 0 Å². The number of nitrogens with zero attached hydrogens (tertiary/aromatic N) is 1. The summed E-state index contributed by atoms with van der Waals surface area (Å²) in [4.78, 5) is 14.3. The molecule has 0 spiro atoms. The van der Waals surface area contributed by atoms with Gasteiger partial charge < -0.3 is 5.11 Å². The van der Waals surface area contributed by atoms with E-state index < -0.39 is 5.97 Å². The molecule has 0 radical (unpaired) electrons. The fraction of sp³-hybridized carbons (Fsp3) is 0.250. The van der Waals surface area contributed by atoms with E-state index in [1.165, 1.54) is 0 Å². The zero-order valence-corrected chi connectivity index (χ0v) is 7.51. The van der Waals surface area contributed by atoms with Crippen LogP contribution in [0.1, 0.15) is 21.6 Å². The zero-order valence-electron chi connectivity index (χ0n) is 6.76. The molecule has 0 bridgehead atoms. The van der Waals surface area contributed by atoms with E-state index in [2.05, 4.69) is 4.98 Å². The quantitative estimate of drug-likeness (QED) is 0.682. The highest BCUT2D eigenvalue weighted by molar-refractivity contribution is 6.30. The molecule has 0 aromatic carbocycles. The van der Waals surface area contributed by atoms with Gasteiger partial charge in [0.2, 0.25) is 0 Å². The van der Waals surface area contributed by atoms with Gasteiger partial charge in [0.15, 0.2) is 5.69 Å². The maximum absolute atomic E-state index is 10.6. The van der Waals surface area contributed by atoms with Crippen LogP contribution < -0.4 is 0 Å². The summed E-state index contributed by atoms with van der Waals surface area (Å²) in [6, 6.07) is 1.71. The lowest BCUT2D eigenvalue weighted by Crippen LogP contribution is -2.04. The first-order valence-electron chi connectivity index (χ1n) is 3.39. The van der Waals surface area contributed by atoms with Crippen LogP contribution in [-0.4, -0.2) is 16.1 Å². The minimum Gasteiger partial charge on any atom is -0.477 e. The van der Waals surface area contributed by atoms with Gasteiger partial charge in [-0.15, -0.1) is 0 Å². The number of hydrogen-bond acceptors (Lipinski definition) is 2. The second-order valence-electron chi connectivity index (χ2n) is 2.57. The molecule has 0 aliphatic carbocycles. The van der Waals surface area contributed by atoms with Crippen molar-refractivity contribution < 1.29 is 9.90 Å². The average Bonchev–Trinajstić information content (AvgIpc) is 1.96. The SMILES string of the molecule is Cc1cc(C)c(C(=O)O)nc1Cl. The lowest BCUT2D eigenvalue weighted by Gasteiger charge is -2.02. The zero-order chi connectivity index (χ0) is 9.30. The third kappa shape index (κ3) is 1.56. The Bertz CT molecular complexity index is 336. The Morgan fingerprint density at radius 3 is 2.58 bits per heavy atom. The highest BCUT2D eigenvalue weighted by atomic mass is 35.5. The lowest BCUT2D eigenvalue weighted by atomic mass is 10.2. The Morgan fingerprint density at radius 2 is 2.08 bits per heavy atom. The fourth-order valence-electron chi connectivity index (χ4n) is 0.944. The molecular weight excluding hydrogens is 178 g/mol. The Hall–Kier alpha value is -1.09. The molecule has 1 aromatic rings. The van der Waals surface area contributed by atoms with Crippen LogP contribution in [0.4, 0.5) is 0 Å². The smallest absolute Gasteiger partial charge is 0.354 e. The third-order valence-corrected chi connectivity index (χ3v) is 1.93. The van der Waals surface area contributed by atoms with E-state index in [9.17, 15) is 4.79 Å². The van der Waals surface area contributed by atoms with E-state index in [1.54, 1.807) is 19.9 Å². The van der Waals surface area contributed by atoms with Crippen molar-refractivity contribution in [3.8, 4) is 0 Å². The summed E-state index contributed by atoms with van der Waals surface area (Å²) in [5.41, 5.74) is 1.44. The van der Waals surface area contributed by atoms with Gasteiger partial charge in [0.25, 0.3) is 0 Å².